The van der Waals surface area contributed by atoms with Gasteiger partial charge in [-0.15, -0.1) is 5.10 Å². The molecule has 0 saturated carbocycles. The van der Waals surface area contributed by atoms with Crippen molar-refractivity contribution in [3.8, 4) is 0 Å². The van der Waals surface area contributed by atoms with Crippen LogP contribution in [0.5, 0.6) is 0 Å². The van der Waals surface area contributed by atoms with E-state index in [9.17, 15) is 4.79 Å². The van der Waals surface area contributed by atoms with Crippen molar-refractivity contribution in [2.24, 2.45) is 0 Å². The molecular weight excluding hydrogens is 246 g/mol. The first-order valence-corrected chi connectivity index (χ1v) is 6.09. The van der Waals surface area contributed by atoms with Crippen LogP contribution in [0, 0.1) is 13.8 Å². The van der Waals surface area contributed by atoms with Gasteiger partial charge >= 0.3 is 0 Å². The lowest BCUT2D eigenvalue weighted by Gasteiger charge is -2.14. The maximum Gasteiger partial charge on any atom is 0.222 e. The summed E-state index contributed by atoms with van der Waals surface area (Å²) in [5, 5.41) is 20.7. The molecule has 2 aromatic rings. The van der Waals surface area contributed by atoms with E-state index in [2.05, 4.69) is 31.0 Å². The topological polar surface area (TPSA) is 101 Å². The molecule has 0 aromatic carbocycles. The number of hydrogen-bond acceptors (Lipinski definition) is 5. The maximum absolute atomic E-state index is 11.8. The SMILES string of the molecule is Cc1n[nH]c(C)c1[C@H](C)NC(=O)CCn1cnnn1. The summed E-state index contributed by atoms with van der Waals surface area (Å²) >= 11 is 0. The highest BCUT2D eigenvalue weighted by atomic mass is 16.1. The molecule has 0 radical (unpaired) electrons. The van der Waals surface area contributed by atoms with Crippen LogP contribution >= 0.6 is 0 Å². The zero-order chi connectivity index (χ0) is 13.8. The normalized spacial score (nSPS) is 12.4. The van der Waals surface area contributed by atoms with Crippen LogP contribution in [0.2, 0.25) is 0 Å². The predicted molar refractivity (Wildman–Crippen MR) is 67.1 cm³/mol. The van der Waals surface area contributed by atoms with E-state index < -0.39 is 0 Å². The molecule has 2 heterocycles. The number of carbonyl (C=O) groups is 1. The molecular formula is C11H17N7O. The minimum absolute atomic E-state index is 0.0389. The van der Waals surface area contributed by atoms with Gasteiger partial charge in [-0.2, -0.15) is 5.10 Å². The molecule has 0 unspecified atom stereocenters. The standard InChI is InChI=1S/C11H17N7O/c1-7(11-8(2)14-15-9(11)3)13-10(19)4-5-18-6-12-16-17-18/h6-7H,4-5H2,1-3H3,(H,13,19)(H,14,15)/t7-/m0/s1. The van der Waals surface area contributed by atoms with Crippen molar-refractivity contribution in [3.05, 3.63) is 23.3 Å². The number of amides is 1. The first-order valence-electron chi connectivity index (χ1n) is 6.09. The van der Waals surface area contributed by atoms with Gasteiger partial charge in [0, 0.05) is 17.7 Å². The van der Waals surface area contributed by atoms with Gasteiger partial charge in [0.2, 0.25) is 5.91 Å². The fourth-order valence-electron chi connectivity index (χ4n) is 2.08. The molecule has 2 aromatic heterocycles. The summed E-state index contributed by atoms with van der Waals surface area (Å²) in [6.07, 6.45) is 1.83. The van der Waals surface area contributed by atoms with E-state index in [1.54, 1.807) is 0 Å². The predicted octanol–water partition coefficient (Wildman–Crippen LogP) is 0.281. The lowest BCUT2D eigenvalue weighted by Crippen LogP contribution is -2.28. The molecule has 0 spiro atoms. The van der Waals surface area contributed by atoms with Crippen molar-refractivity contribution in [2.45, 2.75) is 39.8 Å². The number of rotatable bonds is 5. The lowest BCUT2D eigenvalue weighted by molar-refractivity contribution is -0.122. The summed E-state index contributed by atoms with van der Waals surface area (Å²) in [6.45, 7) is 6.27. The summed E-state index contributed by atoms with van der Waals surface area (Å²) in [7, 11) is 0. The molecule has 1 amide bonds. The van der Waals surface area contributed by atoms with Crippen LogP contribution in [0.1, 0.15) is 36.3 Å². The van der Waals surface area contributed by atoms with E-state index >= 15 is 0 Å². The van der Waals surface area contributed by atoms with Crippen LogP contribution in [-0.2, 0) is 11.3 Å². The molecule has 0 bridgehead atoms. The molecule has 0 aliphatic rings. The molecule has 19 heavy (non-hydrogen) atoms. The average molecular weight is 263 g/mol. The fourth-order valence-corrected chi connectivity index (χ4v) is 2.08. The Bertz CT molecular complexity index is 526. The Morgan fingerprint density at radius 1 is 1.53 bits per heavy atom. The third-order valence-corrected chi connectivity index (χ3v) is 2.96. The van der Waals surface area contributed by atoms with E-state index in [0.717, 1.165) is 17.0 Å². The Morgan fingerprint density at radius 3 is 2.89 bits per heavy atom. The smallest absolute Gasteiger partial charge is 0.222 e. The summed E-state index contributed by atoms with van der Waals surface area (Å²) < 4.78 is 1.53. The van der Waals surface area contributed by atoms with E-state index in [1.807, 2.05) is 20.8 Å². The summed E-state index contributed by atoms with van der Waals surface area (Å²) in [5.74, 6) is -0.0389. The van der Waals surface area contributed by atoms with Gasteiger partial charge in [0.05, 0.1) is 18.3 Å². The largest absolute Gasteiger partial charge is 0.349 e. The third kappa shape index (κ3) is 3.15. The molecule has 0 fully saturated rings. The first kappa shape index (κ1) is 13.2. The highest BCUT2D eigenvalue weighted by Gasteiger charge is 2.16. The van der Waals surface area contributed by atoms with E-state index in [4.69, 9.17) is 0 Å². The van der Waals surface area contributed by atoms with Gasteiger partial charge < -0.3 is 5.32 Å². The van der Waals surface area contributed by atoms with Gasteiger partial charge in [-0.3, -0.25) is 9.89 Å². The molecule has 2 N–H and O–H groups in total. The molecule has 2 rings (SSSR count). The minimum Gasteiger partial charge on any atom is -0.349 e. The van der Waals surface area contributed by atoms with Gasteiger partial charge in [-0.05, 0) is 31.2 Å². The zero-order valence-corrected chi connectivity index (χ0v) is 11.2. The second-order valence-electron chi connectivity index (χ2n) is 4.46. The summed E-state index contributed by atoms with van der Waals surface area (Å²) in [4.78, 5) is 11.8. The Labute approximate surface area is 110 Å². The van der Waals surface area contributed by atoms with Crippen molar-refractivity contribution in [3.63, 3.8) is 0 Å². The maximum atomic E-state index is 11.8. The molecule has 0 saturated heterocycles. The van der Waals surface area contributed by atoms with Crippen LogP contribution in [0.4, 0.5) is 0 Å². The van der Waals surface area contributed by atoms with Crippen LogP contribution in [0.15, 0.2) is 6.33 Å². The van der Waals surface area contributed by atoms with Gasteiger partial charge in [0.1, 0.15) is 6.33 Å². The second-order valence-corrected chi connectivity index (χ2v) is 4.46. The Balaban J connectivity index is 1.88. The Hall–Kier alpha value is -2.25. The molecule has 8 nitrogen and oxygen atoms in total. The number of aromatic nitrogens is 6. The quantitative estimate of drug-likeness (QED) is 0.806. The van der Waals surface area contributed by atoms with Crippen molar-refractivity contribution >= 4 is 5.91 Å². The van der Waals surface area contributed by atoms with Crippen LogP contribution in [0.25, 0.3) is 0 Å². The average Bonchev–Trinajstić information content (AvgIpc) is 2.97. The third-order valence-electron chi connectivity index (χ3n) is 2.96. The number of aromatic amines is 1. The minimum atomic E-state index is -0.0693. The summed E-state index contributed by atoms with van der Waals surface area (Å²) in [5.41, 5.74) is 2.92. The van der Waals surface area contributed by atoms with E-state index in [0.29, 0.717) is 13.0 Å². The summed E-state index contributed by atoms with van der Waals surface area (Å²) in [6, 6.07) is -0.0693. The number of hydrogen-bond donors (Lipinski definition) is 2. The molecule has 102 valence electrons. The van der Waals surface area contributed by atoms with Crippen molar-refractivity contribution in [1.29, 1.82) is 0 Å². The van der Waals surface area contributed by atoms with Gasteiger partial charge in [0.15, 0.2) is 0 Å². The van der Waals surface area contributed by atoms with Gasteiger partial charge in [-0.1, -0.05) is 0 Å². The monoisotopic (exact) mass is 263 g/mol. The van der Waals surface area contributed by atoms with Crippen molar-refractivity contribution in [1.82, 2.24) is 35.7 Å². The number of carbonyl (C=O) groups excluding carboxylic acids is 1. The first-order chi connectivity index (χ1) is 9.08. The highest BCUT2D eigenvalue weighted by Crippen LogP contribution is 2.18. The second kappa shape index (κ2) is 5.59. The van der Waals surface area contributed by atoms with Crippen LogP contribution in [0.3, 0.4) is 0 Å². The molecule has 1 atom stereocenters. The number of aryl methyl sites for hydroxylation is 3. The molecule has 0 aliphatic heterocycles. The number of H-pyrrole nitrogens is 1. The molecule has 0 aliphatic carbocycles. The highest BCUT2D eigenvalue weighted by molar-refractivity contribution is 5.76. The number of nitrogens with zero attached hydrogens (tertiary/aromatic N) is 5. The fraction of sp³-hybridized carbons (Fsp3) is 0.545. The Kier molecular flexibility index (Phi) is 3.88. The van der Waals surface area contributed by atoms with Crippen LogP contribution < -0.4 is 5.32 Å². The number of nitrogens with one attached hydrogen (secondary N) is 2. The molecule has 8 heteroatoms. The van der Waals surface area contributed by atoms with Crippen molar-refractivity contribution in [2.75, 3.05) is 0 Å². The van der Waals surface area contributed by atoms with E-state index in [1.165, 1.54) is 11.0 Å². The van der Waals surface area contributed by atoms with Gasteiger partial charge in [0.25, 0.3) is 0 Å². The van der Waals surface area contributed by atoms with Crippen molar-refractivity contribution < 1.29 is 4.79 Å². The zero-order valence-electron chi connectivity index (χ0n) is 11.2. The number of tetrazole rings is 1. The van der Waals surface area contributed by atoms with E-state index in [-0.39, 0.29) is 11.9 Å². The van der Waals surface area contributed by atoms with Gasteiger partial charge in [-0.25, -0.2) is 4.68 Å². The Morgan fingerprint density at radius 2 is 2.32 bits per heavy atom. The van der Waals surface area contributed by atoms with Crippen LogP contribution in [-0.4, -0.2) is 36.3 Å². The lowest BCUT2D eigenvalue weighted by atomic mass is 10.1.